The maximum absolute atomic E-state index is 16.9. The summed E-state index contributed by atoms with van der Waals surface area (Å²) < 4.78 is 100.0. The highest BCUT2D eigenvalue weighted by Crippen LogP contribution is 2.45. The predicted octanol–water partition coefficient (Wildman–Crippen LogP) is 5.67. The average molecular weight is 688 g/mol. The summed E-state index contributed by atoms with van der Waals surface area (Å²) >= 11 is 0. The van der Waals surface area contributed by atoms with Crippen molar-refractivity contribution in [3.63, 3.8) is 0 Å². The van der Waals surface area contributed by atoms with Crippen molar-refractivity contribution in [3.8, 4) is 41.2 Å². The number of methoxy groups -OCH3 is 1. The number of aliphatic hydroxyl groups is 1. The molecular weight excluding hydrogens is 656 g/mol. The second kappa shape index (κ2) is 11.8. The molecule has 3 fully saturated rings. The molecule has 2 N–H and O–H groups in total. The Morgan fingerprint density at radius 2 is 1.86 bits per heavy atom. The summed E-state index contributed by atoms with van der Waals surface area (Å²) in [4.78, 5) is 16.2. The van der Waals surface area contributed by atoms with Crippen molar-refractivity contribution in [2.24, 2.45) is 0 Å². The topological polar surface area (TPSA) is 104 Å². The second-order valence-electron chi connectivity index (χ2n) is 12.9. The lowest BCUT2D eigenvalue weighted by Gasteiger charge is -2.41. The van der Waals surface area contributed by atoms with Crippen LogP contribution in [0.3, 0.4) is 0 Å². The van der Waals surface area contributed by atoms with E-state index in [9.17, 15) is 32.2 Å². The molecule has 15 heteroatoms. The van der Waals surface area contributed by atoms with E-state index in [1.54, 1.807) is 0 Å². The molecule has 49 heavy (non-hydrogen) atoms. The fourth-order valence-electron chi connectivity index (χ4n) is 7.57. The van der Waals surface area contributed by atoms with Crippen molar-refractivity contribution in [2.45, 2.75) is 55.6 Å². The fraction of sp³-hybridized carbons (Fsp3) is 0.441. The van der Waals surface area contributed by atoms with Crippen molar-refractivity contribution < 1.29 is 46.0 Å². The van der Waals surface area contributed by atoms with Crippen molar-refractivity contribution in [3.05, 3.63) is 41.5 Å². The molecule has 4 aromatic rings. The number of alkyl halides is 4. The molecule has 0 saturated carbocycles. The average Bonchev–Trinajstić information content (AvgIpc) is 3.58. The number of aromatic hydroxyl groups is 1. The van der Waals surface area contributed by atoms with Crippen LogP contribution in [0, 0.1) is 24.0 Å². The van der Waals surface area contributed by atoms with Gasteiger partial charge in [-0.15, -0.1) is 6.42 Å². The number of anilines is 1. The first-order chi connectivity index (χ1) is 23.3. The van der Waals surface area contributed by atoms with Gasteiger partial charge in [0, 0.05) is 30.5 Å². The number of β-amino-alcohol motifs (C(OH)–C–C–N with tert-alkyl or cyclic N) is 1. The minimum atomic E-state index is -4.98. The van der Waals surface area contributed by atoms with E-state index in [0.717, 1.165) is 23.5 Å². The zero-order valence-corrected chi connectivity index (χ0v) is 26.2. The fourth-order valence-corrected chi connectivity index (χ4v) is 7.57. The molecule has 0 bridgehead atoms. The molecule has 7 rings (SSSR count). The van der Waals surface area contributed by atoms with Crippen molar-refractivity contribution in [1.82, 2.24) is 19.9 Å². The number of hydrogen-bond donors (Lipinski definition) is 2. The zero-order valence-electron chi connectivity index (χ0n) is 26.2. The molecule has 3 aliphatic rings. The molecule has 0 radical (unpaired) electrons. The van der Waals surface area contributed by atoms with Crippen LogP contribution in [0.4, 0.5) is 32.2 Å². The first kappa shape index (κ1) is 33.0. The standard InChI is InChI=1S/C34H31F6N5O4/c1-3-21-23(36)7-6-18-12-20(46)13-22(24(18)21)27-26(37)28-25(30(41-27)48-2)29(44-10-5-9-33(47,16-44)34(38,39)40)43-31(42-28)49-17-32-8-4-11-45(32)15-19(35)14-32/h1,6-7,12-13,19,46-47H,4-5,8-11,14-17H2,2H3/t19-,32+,33?/m1/s1. The Balaban J connectivity index is 1.44. The number of terminal acetylenes is 1. The first-order valence-electron chi connectivity index (χ1n) is 15.7. The van der Waals surface area contributed by atoms with E-state index < -0.39 is 65.3 Å². The molecule has 0 aliphatic carbocycles. The number of halogens is 6. The van der Waals surface area contributed by atoms with Gasteiger partial charge in [0.1, 0.15) is 46.8 Å². The van der Waals surface area contributed by atoms with E-state index in [-0.39, 0.29) is 77.3 Å². The number of pyridine rings is 1. The van der Waals surface area contributed by atoms with Crippen molar-refractivity contribution in [1.29, 1.82) is 0 Å². The smallest absolute Gasteiger partial charge is 0.418 e. The lowest BCUT2D eigenvalue weighted by atomic mass is 9.92. The van der Waals surface area contributed by atoms with E-state index in [0.29, 0.717) is 13.0 Å². The van der Waals surface area contributed by atoms with Gasteiger partial charge in [-0.2, -0.15) is 23.1 Å². The SMILES string of the molecule is C#Cc1c(F)ccc2cc(O)cc(-c3nc(OC)c4c(N5CCCC(O)(C(F)(F)F)C5)nc(OC[C@@]56CCCN5C[C@H](F)C6)nc4c3F)c12. The van der Waals surface area contributed by atoms with E-state index >= 15 is 4.39 Å². The third-order valence-corrected chi connectivity index (χ3v) is 9.89. The molecule has 1 unspecified atom stereocenters. The van der Waals surface area contributed by atoms with Crippen LogP contribution in [0.1, 0.15) is 37.7 Å². The van der Waals surface area contributed by atoms with E-state index in [1.807, 2.05) is 4.90 Å². The number of phenols is 1. The quantitative estimate of drug-likeness (QED) is 0.196. The first-order valence-corrected chi connectivity index (χ1v) is 15.7. The normalized spacial score (nSPS) is 24.4. The number of benzene rings is 2. The molecule has 3 aliphatic heterocycles. The summed E-state index contributed by atoms with van der Waals surface area (Å²) in [5.74, 6) is -0.479. The maximum atomic E-state index is 16.9. The molecule has 258 valence electrons. The van der Waals surface area contributed by atoms with Crippen LogP contribution in [0.25, 0.3) is 32.9 Å². The summed E-state index contributed by atoms with van der Waals surface area (Å²) in [6, 6.07) is 4.52. The second-order valence-corrected chi connectivity index (χ2v) is 12.9. The van der Waals surface area contributed by atoms with Gasteiger partial charge in [-0.05, 0) is 55.8 Å². The summed E-state index contributed by atoms with van der Waals surface area (Å²) in [6.45, 7) is -0.104. The summed E-state index contributed by atoms with van der Waals surface area (Å²) in [6.07, 6.45) is 0.573. The van der Waals surface area contributed by atoms with E-state index in [4.69, 9.17) is 15.9 Å². The van der Waals surface area contributed by atoms with Crippen LogP contribution >= 0.6 is 0 Å². The summed E-state index contributed by atoms with van der Waals surface area (Å²) in [7, 11) is 1.20. The molecule has 0 spiro atoms. The molecule has 9 nitrogen and oxygen atoms in total. The van der Waals surface area contributed by atoms with Crippen LogP contribution in [0.15, 0.2) is 24.3 Å². The number of hydrogen-bond acceptors (Lipinski definition) is 9. The Hall–Kier alpha value is -4.55. The van der Waals surface area contributed by atoms with Crippen molar-refractivity contribution in [2.75, 3.05) is 44.8 Å². The highest BCUT2D eigenvalue weighted by Gasteiger charge is 2.56. The molecule has 2 aromatic carbocycles. The number of ether oxygens (including phenoxy) is 2. The lowest BCUT2D eigenvalue weighted by Crippen LogP contribution is -2.57. The van der Waals surface area contributed by atoms with Gasteiger partial charge in [-0.25, -0.2) is 18.2 Å². The van der Waals surface area contributed by atoms with Crippen molar-refractivity contribution >= 4 is 27.5 Å². The third-order valence-electron chi connectivity index (χ3n) is 9.89. The molecule has 3 atom stereocenters. The zero-order chi connectivity index (χ0) is 34.9. The number of phenolic OH excluding ortho intramolecular Hbond substituents is 1. The molecule has 2 aromatic heterocycles. The van der Waals surface area contributed by atoms with Gasteiger partial charge >= 0.3 is 12.2 Å². The van der Waals surface area contributed by atoms with Crippen LogP contribution in [-0.2, 0) is 0 Å². The molecular formula is C34H31F6N5O4. The monoisotopic (exact) mass is 687 g/mol. The number of rotatable bonds is 6. The van der Waals surface area contributed by atoms with Gasteiger partial charge in [0.25, 0.3) is 0 Å². The predicted molar refractivity (Wildman–Crippen MR) is 167 cm³/mol. The van der Waals surface area contributed by atoms with Gasteiger partial charge in [-0.3, -0.25) is 4.90 Å². The van der Waals surface area contributed by atoms with Crippen LogP contribution in [0.5, 0.6) is 17.6 Å². The maximum Gasteiger partial charge on any atom is 0.418 e. The largest absolute Gasteiger partial charge is 0.508 e. The van der Waals surface area contributed by atoms with Gasteiger partial charge in [0.15, 0.2) is 11.4 Å². The third kappa shape index (κ3) is 5.41. The number of aromatic nitrogens is 3. The highest BCUT2D eigenvalue weighted by atomic mass is 19.4. The van der Waals surface area contributed by atoms with E-state index in [2.05, 4.69) is 20.9 Å². The van der Waals surface area contributed by atoms with Gasteiger partial charge in [0.2, 0.25) is 5.88 Å². The molecule has 0 amide bonds. The van der Waals surface area contributed by atoms with Crippen LogP contribution < -0.4 is 14.4 Å². The Bertz CT molecular complexity index is 2020. The number of fused-ring (bicyclic) bond motifs is 3. The summed E-state index contributed by atoms with van der Waals surface area (Å²) in [5.41, 5.74) is -4.99. The minimum absolute atomic E-state index is 0.000282. The Morgan fingerprint density at radius 1 is 1.08 bits per heavy atom. The van der Waals surface area contributed by atoms with Crippen LogP contribution in [0.2, 0.25) is 0 Å². The Kier molecular flexibility index (Phi) is 7.94. The Labute approximate surface area is 276 Å². The number of nitrogens with zero attached hydrogens (tertiary/aromatic N) is 5. The lowest BCUT2D eigenvalue weighted by molar-refractivity contribution is -0.261. The number of piperidine rings is 1. The van der Waals surface area contributed by atoms with E-state index in [1.165, 1.54) is 19.2 Å². The molecule has 5 heterocycles. The Morgan fingerprint density at radius 3 is 2.59 bits per heavy atom. The summed E-state index contributed by atoms with van der Waals surface area (Å²) in [5, 5.41) is 21.3. The highest BCUT2D eigenvalue weighted by molar-refractivity contribution is 6.04. The van der Waals surface area contributed by atoms with Gasteiger partial charge in [-0.1, -0.05) is 12.0 Å². The van der Waals surface area contributed by atoms with Gasteiger partial charge < -0.3 is 24.6 Å². The minimum Gasteiger partial charge on any atom is -0.508 e. The van der Waals surface area contributed by atoms with Crippen LogP contribution in [-0.4, -0.2) is 93.4 Å². The van der Waals surface area contributed by atoms with Gasteiger partial charge in [0.05, 0.1) is 24.8 Å². The molecule has 3 saturated heterocycles.